The van der Waals surface area contributed by atoms with E-state index in [1.165, 1.54) is 10.6 Å². The second-order valence-electron chi connectivity index (χ2n) is 8.56. The lowest BCUT2D eigenvalue weighted by Gasteiger charge is -2.32. The highest BCUT2D eigenvalue weighted by molar-refractivity contribution is 7.92. The van der Waals surface area contributed by atoms with Crippen LogP contribution >= 0.6 is 0 Å². The van der Waals surface area contributed by atoms with E-state index in [4.69, 9.17) is 0 Å². The van der Waals surface area contributed by atoms with E-state index in [1.807, 2.05) is 18.2 Å². The summed E-state index contributed by atoms with van der Waals surface area (Å²) in [5, 5.41) is 5.32. The molecule has 2 aliphatic rings. The van der Waals surface area contributed by atoms with E-state index in [1.54, 1.807) is 24.4 Å². The van der Waals surface area contributed by atoms with Crippen LogP contribution in [0.1, 0.15) is 24.8 Å². The summed E-state index contributed by atoms with van der Waals surface area (Å²) in [7, 11) is -3.41. The van der Waals surface area contributed by atoms with Gasteiger partial charge in [0.1, 0.15) is 5.82 Å². The third-order valence-corrected chi connectivity index (χ3v) is 7.34. The lowest BCUT2D eigenvalue weighted by Crippen LogP contribution is -2.42. The van der Waals surface area contributed by atoms with Crippen LogP contribution < -0.4 is 19.8 Å². The van der Waals surface area contributed by atoms with Crippen LogP contribution in [-0.2, 0) is 26.0 Å². The maximum atomic E-state index is 12.4. The molecule has 3 heterocycles. The van der Waals surface area contributed by atoms with Crippen LogP contribution in [0.25, 0.3) is 0 Å². The molecule has 0 aliphatic carbocycles. The predicted octanol–water partition coefficient (Wildman–Crippen LogP) is 1.77. The van der Waals surface area contributed by atoms with E-state index < -0.39 is 21.8 Å². The second-order valence-corrected chi connectivity index (χ2v) is 10.5. The smallest absolute Gasteiger partial charge is 0.313 e. The van der Waals surface area contributed by atoms with Gasteiger partial charge in [0.15, 0.2) is 0 Å². The molecular formula is C23H29N5O4S. The summed E-state index contributed by atoms with van der Waals surface area (Å²) in [6, 6.07) is 11.0. The topological polar surface area (TPSA) is 112 Å². The van der Waals surface area contributed by atoms with Gasteiger partial charge in [0.25, 0.3) is 0 Å². The van der Waals surface area contributed by atoms with Gasteiger partial charge >= 0.3 is 11.8 Å². The number of carbonyl (C=O) groups is 2. The van der Waals surface area contributed by atoms with Gasteiger partial charge in [0.2, 0.25) is 10.0 Å². The first-order valence-corrected chi connectivity index (χ1v) is 13.0. The van der Waals surface area contributed by atoms with Crippen LogP contribution in [0.2, 0.25) is 0 Å². The fraction of sp³-hybridized carbons (Fsp3) is 0.435. The van der Waals surface area contributed by atoms with Crippen LogP contribution in [0.4, 0.5) is 17.2 Å². The number of sulfonamides is 1. The number of hydrogen-bond donors (Lipinski definition) is 2. The number of pyridine rings is 1. The number of nitrogens with zero attached hydrogens (tertiary/aromatic N) is 3. The van der Waals surface area contributed by atoms with E-state index in [9.17, 15) is 18.0 Å². The molecule has 10 heteroatoms. The molecule has 33 heavy (non-hydrogen) atoms. The molecule has 4 rings (SSSR count). The number of fused-ring (bicyclic) bond motifs is 1. The molecule has 2 amide bonds. The summed E-state index contributed by atoms with van der Waals surface area (Å²) in [6.45, 7) is 2.56. The Hall–Kier alpha value is -3.14. The van der Waals surface area contributed by atoms with Gasteiger partial charge in [0.05, 0.1) is 11.9 Å². The molecule has 2 aliphatic heterocycles. The maximum absolute atomic E-state index is 12.4. The highest BCUT2D eigenvalue weighted by Gasteiger charge is 2.25. The van der Waals surface area contributed by atoms with Crippen molar-refractivity contribution >= 4 is 39.0 Å². The molecule has 0 saturated carbocycles. The number of aromatic nitrogens is 1. The Morgan fingerprint density at radius 2 is 1.88 bits per heavy atom. The molecule has 2 N–H and O–H groups in total. The van der Waals surface area contributed by atoms with Gasteiger partial charge in [-0.2, -0.15) is 0 Å². The summed E-state index contributed by atoms with van der Waals surface area (Å²) in [5.74, 6) is -0.199. The molecule has 0 spiro atoms. The molecule has 1 aromatic heterocycles. The number of nitrogens with one attached hydrogen (secondary N) is 2. The summed E-state index contributed by atoms with van der Waals surface area (Å²) in [6.07, 6.45) is 6.28. The summed E-state index contributed by atoms with van der Waals surface area (Å²) >= 11 is 0. The number of piperidine rings is 1. The third kappa shape index (κ3) is 5.62. The molecular weight excluding hydrogens is 442 g/mol. The van der Waals surface area contributed by atoms with Gasteiger partial charge < -0.3 is 15.5 Å². The van der Waals surface area contributed by atoms with Crippen molar-refractivity contribution in [2.75, 3.05) is 47.0 Å². The Morgan fingerprint density at radius 1 is 1.09 bits per heavy atom. The number of aryl methyl sites for hydroxylation is 1. The molecule has 1 fully saturated rings. The average molecular weight is 472 g/mol. The molecule has 1 aromatic carbocycles. The fourth-order valence-corrected chi connectivity index (χ4v) is 5.36. The minimum Gasteiger partial charge on any atom is -0.357 e. The fourth-order valence-electron chi connectivity index (χ4n) is 4.38. The Labute approximate surface area is 194 Å². The van der Waals surface area contributed by atoms with Crippen molar-refractivity contribution in [1.82, 2.24) is 10.3 Å². The molecule has 0 atom stereocenters. The molecule has 2 aromatic rings. The number of amides is 2. The van der Waals surface area contributed by atoms with E-state index >= 15 is 0 Å². The van der Waals surface area contributed by atoms with E-state index in [-0.39, 0.29) is 0 Å². The largest absolute Gasteiger partial charge is 0.357 e. The minimum atomic E-state index is -3.41. The van der Waals surface area contributed by atoms with Crippen LogP contribution in [-0.4, -0.2) is 57.7 Å². The van der Waals surface area contributed by atoms with Crippen molar-refractivity contribution in [2.45, 2.75) is 25.7 Å². The first kappa shape index (κ1) is 23.0. The van der Waals surface area contributed by atoms with Gasteiger partial charge in [0, 0.05) is 38.1 Å². The van der Waals surface area contributed by atoms with Crippen molar-refractivity contribution in [3.05, 3.63) is 48.2 Å². The Bertz CT molecular complexity index is 1110. The van der Waals surface area contributed by atoms with Crippen LogP contribution in [0.15, 0.2) is 42.6 Å². The van der Waals surface area contributed by atoms with E-state index in [0.29, 0.717) is 30.4 Å². The zero-order chi connectivity index (χ0) is 23.4. The highest BCUT2D eigenvalue weighted by Crippen LogP contribution is 2.31. The maximum Gasteiger partial charge on any atom is 0.313 e. The Balaban J connectivity index is 1.29. The summed E-state index contributed by atoms with van der Waals surface area (Å²) in [5.41, 5.74) is 1.86. The number of hydrogen-bond acceptors (Lipinski definition) is 6. The van der Waals surface area contributed by atoms with Crippen molar-refractivity contribution in [2.24, 2.45) is 5.92 Å². The Morgan fingerprint density at radius 3 is 2.58 bits per heavy atom. The molecule has 1 saturated heterocycles. The monoisotopic (exact) mass is 471 g/mol. The van der Waals surface area contributed by atoms with E-state index in [2.05, 4.69) is 20.5 Å². The second kappa shape index (κ2) is 9.78. The summed E-state index contributed by atoms with van der Waals surface area (Å²) in [4.78, 5) is 31.3. The number of carbonyl (C=O) groups excluding carboxylic acids is 2. The van der Waals surface area contributed by atoms with Gasteiger partial charge in [-0.15, -0.1) is 0 Å². The standard InChI is InChI=1S/C23H29N5O4S/c1-33(31,32)28-12-4-5-18-7-8-19(15-20(18)28)26-23(30)22(29)25-16-17-9-13-27(14-10-17)21-6-2-3-11-24-21/h2-3,6-8,11,15,17H,4-5,9-10,12-14,16H2,1H3,(H,25,29)(H,26,30). The Kier molecular flexibility index (Phi) is 6.83. The van der Waals surface area contributed by atoms with Gasteiger partial charge in [-0.25, -0.2) is 13.4 Å². The van der Waals surface area contributed by atoms with Crippen LogP contribution in [0, 0.1) is 5.92 Å². The zero-order valence-electron chi connectivity index (χ0n) is 18.7. The van der Waals surface area contributed by atoms with E-state index in [0.717, 1.165) is 50.2 Å². The van der Waals surface area contributed by atoms with Crippen LogP contribution in [0.5, 0.6) is 0 Å². The average Bonchev–Trinajstić information content (AvgIpc) is 2.82. The number of anilines is 3. The van der Waals surface area contributed by atoms with Crippen molar-refractivity contribution < 1.29 is 18.0 Å². The van der Waals surface area contributed by atoms with Crippen molar-refractivity contribution in [3.8, 4) is 0 Å². The van der Waals surface area contributed by atoms with Crippen molar-refractivity contribution in [3.63, 3.8) is 0 Å². The van der Waals surface area contributed by atoms with Crippen LogP contribution in [0.3, 0.4) is 0 Å². The lowest BCUT2D eigenvalue weighted by atomic mass is 9.97. The van der Waals surface area contributed by atoms with Crippen molar-refractivity contribution in [1.29, 1.82) is 0 Å². The third-order valence-electron chi connectivity index (χ3n) is 6.16. The first-order valence-electron chi connectivity index (χ1n) is 11.2. The molecule has 0 bridgehead atoms. The molecule has 0 unspecified atom stereocenters. The summed E-state index contributed by atoms with van der Waals surface area (Å²) < 4.78 is 25.5. The predicted molar refractivity (Wildman–Crippen MR) is 128 cm³/mol. The minimum absolute atomic E-state index is 0.300. The first-order chi connectivity index (χ1) is 15.8. The van der Waals surface area contributed by atoms with Gasteiger partial charge in [-0.05, 0) is 61.4 Å². The van der Waals surface area contributed by atoms with Gasteiger partial charge in [-0.3, -0.25) is 13.9 Å². The number of rotatable bonds is 5. The molecule has 9 nitrogen and oxygen atoms in total. The molecule has 176 valence electrons. The SMILES string of the molecule is CS(=O)(=O)N1CCCc2ccc(NC(=O)C(=O)NCC3CCN(c4ccccn4)CC3)cc21. The number of benzene rings is 1. The normalized spacial score (nSPS) is 16.8. The lowest BCUT2D eigenvalue weighted by molar-refractivity contribution is -0.136. The highest BCUT2D eigenvalue weighted by atomic mass is 32.2. The van der Waals surface area contributed by atoms with Gasteiger partial charge in [-0.1, -0.05) is 12.1 Å². The quantitative estimate of drug-likeness (QED) is 0.643. The molecule has 0 radical (unpaired) electrons. The zero-order valence-corrected chi connectivity index (χ0v) is 19.5.